The van der Waals surface area contributed by atoms with Crippen LogP contribution in [0.2, 0.25) is 0 Å². The first-order valence-corrected chi connectivity index (χ1v) is 5.73. The third-order valence-electron chi connectivity index (χ3n) is 1.93. The van der Waals surface area contributed by atoms with Crippen LogP contribution in [-0.4, -0.2) is 17.7 Å². The predicted octanol–water partition coefficient (Wildman–Crippen LogP) is 1.97. The molecular weight excluding hydrogens is 321 g/mol. The standard InChI is InChI=1S/C11H10INO3/c1-2-16-11(15)5-7-3-9(12)8(6-13)4-10(7)14/h3-4,14H,2,5H2,1H3. The van der Waals surface area contributed by atoms with Gasteiger partial charge in [0.25, 0.3) is 0 Å². The molecule has 0 unspecified atom stereocenters. The van der Waals surface area contributed by atoms with Gasteiger partial charge < -0.3 is 9.84 Å². The second-order valence-electron chi connectivity index (χ2n) is 3.05. The van der Waals surface area contributed by atoms with Crippen LogP contribution in [0.5, 0.6) is 5.75 Å². The number of esters is 1. The lowest BCUT2D eigenvalue weighted by atomic mass is 10.1. The highest BCUT2D eigenvalue weighted by Crippen LogP contribution is 2.24. The second-order valence-corrected chi connectivity index (χ2v) is 4.22. The lowest BCUT2D eigenvalue weighted by Crippen LogP contribution is -2.08. The molecule has 0 bridgehead atoms. The molecule has 0 aromatic heterocycles. The smallest absolute Gasteiger partial charge is 0.310 e. The number of ether oxygens (including phenoxy) is 1. The minimum absolute atomic E-state index is 0.0153. The summed E-state index contributed by atoms with van der Waals surface area (Å²) in [6.45, 7) is 2.03. The maximum Gasteiger partial charge on any atom is 0.310 e. The molecule has 0 aliphatic rings. The molecule has 4 nitrogen and oxygen atoms in total. The van der Waals surface area contributed by atoms with Crippen LogP contribution >= 0.6 is 22.6 Å². The second kappa shape index (κ2) is 5.70. The van der Waals surface area contributed by atoms with E-state index in [1.54, 1.807) is 13.0 Å². The van der Waals surface area contributed by atoms with Crippen LogP contribution in [-0.2, 0) is 16.0 Å². The van der Waals surface area contributed by atoms with Gasteiger partial charge in [-0.15, -0.1) is 0 Å². The van der Waals surface area contributed by atoms with E-state index in [9.17, 15) is 9.90 Å². The third-order valence-corrected chi connectivity index (χ3v) is 2.82. The van der Waals surface area contributed by atoms with Crippen molar-refractivity contribution in [3.05, 3.63) is 26.8 Å². The number of rotatable bonds is 3. The molecule has 0 aliphatic carbocycles. The van der Waals surface area contributed by atoms with Crippen molar-refractivity contribution in [2.75, 3.05) is 6.61 Å². The van der Waals surface area contributed by atoms with Crippen LogP contribution in [0.3, 0.4) is 0 Å². The topological polar surface area (TPSA) is 70.3 Å². The van der Waals surface area contributed by atoms with Gasteiger partial charge in [-0.05, 0) is 41.6 Å². The van der Waals surface area contributed by atoms with E-state index in [0.717, 1.165) is 0 Å². The van der Waals surface area contributed by atoms with E-state index in [0.29, 0.717) is 21.3 Å². The summed E-state index contributed by atoms with van der Waals surface area (Å²) in [6.07, 6.45) is 0.0153. The number of aromatic hydroxyl groups is 1. The third kappa shape index (κ3) is 3.10. The first-order chi connectivity index (χ1) is 7.58. The van der Waals surface area contributed by atoms with Gasteiger partial charge in [-0.3, -0.25) is 4.79 Å². The molecule has 0 spiro atoms. The molecular formula is C11H10INO3. The summed E-state index contributed by atoms with van der Waals surface area (Å²) >= 11 is 1.99. The summed E-state index contributed by atoms with van der Waals surface area (Å²) in [7, 11) is 0. The van der Waals surface area contributed by atoms with Crippen molar-refractivity contribution < 1.29 is 14.6 Å². The Morgan fingerprint density at radius 2 is 2.31 bits per heavy atom. The largest absolute Gasteiger partial charge is 0.508 e. The molecule has 0 fully saturated rings. The summed E-state index contributed by atoms with van der Waals surface area (Å²) in [6, 6.07) is 4.93. The molecule has 1 N–H and O–H groups in total. The van der Waals surface area contributed by atoms with Crippen LogP contribution in [0, 0.1) is 14.9 Å². The Bertz CT molecular complexity index is 451. The molecule has 1 aromatic rings. The van der Waals surface area contributed by atoms with Crippen LogP contribution in [0.4, 0.5) is 0 Å². The van der Waals surface area contributed by atoms with Gasteiger partial charge in [0.2, 0.25) is 0 Å². The minimum atomic E-state index is -0.390. The SMILES string of the molecule is CCOC(=O)Cc1cc(I)c(C#N)cc1O. The van der Waals surface area contributed by atoms with Gasteiger partial charge in [0.1, 0.15) is 11.8 Å². The van der Waals surface area contributed by atoms with Gasteiger partial charge in [0, 0.05) is 9.13 Å². The Labute approximate surface area is 107 Å². The fourth-order valence-electron chi connectivity index (χ4n) is 1.20. The van der Waals surface area contributed by atoms with E-state index >= 15 is 0 Å². The average molecular weight is 331 g/mol. The molecule has 0 aliphatic heterocycles. The number of nitrogens with zero attached hydrogens (tertiary/aromatic N) is 1. The molecule has 0 radical (unpaired) electrons. The lowest BCUT2D eigenvalue weighted by Gasteiger charge is -2.06. The van der Waals surface area contributed by atoms with Crippen molar-refractivity contribution in [3.8, 4) is 11.8 Å². The van der Waals surface area contributed by atoms with Crippen molar-refractivity contribution >= 4 is 28.6 Å². The van der Waals surface area contributed by atoms with Crippen LogP contribution in [0.1, 0.15) is 18.1 Å². The normalized spacial score (nSPS) is 9.56. The Hall–Kier alpha value is -1.29. The molecule has 16 heavy (non-hydrogen) atoms. The maximum atomic E-state index is 11.2. The zero-order chi connectivity index (χ0) is 12.1. The summed E-state index contributed by atoms with van der Waals surface area (Å²) in [5.74, 6) is -0.441. The first kappa shape index (κ1) is 12.8. The number of halogens is 1. The number of benzene rings is 1. The number of carbonyl (C=O) groups is 1. The van der Waals surface area contributed by atoms with Crippen molar-refractivity contribution in [1.29, 1.82) is 5.26 Å². The van der Waals surface area contributed by atoms with Gasteiger partial charge in [-0.1, -0.05) is 0 Å². The zero-order valence-electron chi connectivity index (χ0n) is 8.66. The zero-order valence-corrected chi connectivity index (χ0v) is 10.8. The molecule has 0 amide bonds. The number of phenols is 1. The number of hydrogen-bond donors (Lipinski definition) is 1. The molecule has 5 heteroatoms. The Morgan fingerprint density at radius 3 is 2.88 bits per heavy atom. The van der Waals surface area contributed by atoms with Crippen LogP contribution < -0.4 is 0 Å². The monoisotopic (exact) mass is 331 g/mol. The summed E-state index contributed by atoms with van der Waals surface area (Å²) in [4.78, 5) is 11.2. The maximum absolute atomic E-state index is 11.2. The quantitative estimate of drug-likeness (QED) is 0.679. The predicted molar refractivity (Wildman–Crippen MR) is 65.9 cm³/mol. The number of nitriles is 1. The Morgan fingerprint density at radius 1 is 1.62 bits per heavy atom. The van der Waals surface area contributed by atoms with Crippen molar-refractivity contribution in [2.45, 2.75) is 13.3 Å². The van der Waals surface area contributed by atoms with E-state index in [-0.39, 0.29) is 12.2 Å². The van der Waals surface area contributed by atoms with Gasteiger partial charge in [0.15, 0.2) is 0 Å². The van der Waals surface area contributed by atoms with Crippen LogP contribution in [0.15, 0.2) is 12.1 Å². The molecule has 0 atom stereocenters. The van der Waals surface area contributed by atoms with E-state index in [1.807, 2.05) is 28.7 Å². The summed E-state index contributed by atoms with van der Waals surface area (Å²) in [5.41, 5.74) is 0.868. The van der Waals surface area contributed by atoms with Crippen molar-refractivity contribution in [3.63, 3.8) is 0 Å². The fourth-order valence-corrected chi connectivity index (χ4v) is 1.85. The van der Waals surface area contributed by atoms with Gasteiger partial charge in [-0.25, -0.2) is 0 Å². The Balaban J connectivity index is 2.95. The van der Waals surface area contributed by atoms with Gasteiger partial charge in [-0.2, -0.15) is 5.26 Å². The number of phenolic OH excluding ortho intramolecular Hbond substituents is 1. The highest BCUT2D eigenvalue weighted by Gasteiger charge is 2.11. The highest BCUT2D eigenvalue weighted by molar-refractivity contribution is 14.1. The lowest BCUT2D eigenvalue weighted by molar-refractivity contribution is -0.142. The highest BCUT2D eigenvalue weighted by atomic mass is 127. The summed E-state index contributed by atoms with van der Waals surface area (Å²) < 4.78 is 5.49. The molecule has 1 aromatic carbocycles. The minimum Gasteiger partial charge on any atom is -0.508 e. The Kier molecular flexibility index (Phi) is 4.55. The van der Waals surface area contributed by atoms with Crippen molar-refractivity contribution in [1.82, 2.24) is 0 Å². The van der Waals surface area contributed by atoms with Crippen molar-refractivity contribution in [2.24, 2.45) is 0 Å². The van der Waals surface area contributed by atoms with Crippen LogP contribution in [0.25, 0.3) is 0 Å². The molecule has 1 rings (SSSR count). The molecule has 0 saturated carbocycles. The average Bonchev–Trinajstić information content (AvgIpc) is 2.23. The molecule has 84 valence electrons. The van der Waals surface area contributed by atoms with Gasteiger partial charge in [0.05, 0.1) is 18.6 Å². The van der Waals surface area contributed by atoms with E-state index in [1.165, 1.54) is 6.07 Å². The number of carbonyl (C=O) groups excluding carboxylic acids is 1. The number of hydrogen-bond acceptors (Lipinski definition) is 4. The van der Waals surface area contributed by atoms with E-state index in [2.05, 4.69) is 0 Å². The van der Waals surface area contributed by atoms with E-state index in [4.69, 9.17) is 10.00 Å². The van der Waals surface area contributed by atoms with Gasteiger partial charge >= 0.3 is 5.97 Å². The molecule has 0 heterocycles. The first-order valence-electron chi connectivity index (χ1n) is 4.65. The summed E-state index contributed by atoms with van der Waals surface area (Å²) in [5, 5.41) is 18.3. The molecule has 0 saturated heterocycles. The fraction of sp³-hybridized carbons (Fsp3) is 0.273. The van der Waals surface area contributed by atoms with E-state index < -0.39 is 5.97 Å².